The van der Waals surface area contributed by atoms with Crippen LogP contribution in [0, 0.1) is 30.1 Å². The highest BCUT2D eigenvalue weighted by molar-refractivity contribution is 5.80. The van der Waals surface area contributed by atoms with Gasteiger partial charge in [0, 0.05) is 17.2 Å². The highest BCUT2D eigenvalue weighted by Crippen LogP contribution is 2.61. The van der Waals surface area contributed by atoms with Crippen molar-refractivity contribution in [3.05, 3.63) is 22.2 Å². The Morgan fingerprint density at radius 1 is 1.30 bits per heavy atom. The fourth-order valence-corrected chi connectivity index (χ4v) is 5.67. The van der Waals surface area contributed by atoms with E-state index in [4.69, 9.17) is 10.5 Å². The Morgan fingerprint density at radius 3 is 2.39 bits per heavy atom. The van der Waals surface area contributed by atoms with E-state index in [1.165, 1.54) is 25.5 Å². The number of amides is 1. The standard InChI is InChI=1S/C17H23N3O3/c1-9-8-19-16(22)20-15(9)23-13(14(18)21)17-5-10-2-11(6-17)4-12(3-10)7-17/h8,10-13H,2-7H2,1H3,(H2,18,21)(H,19,20,22). The number of carbonyl (C=O) groups is 1. The molecule has 3 N–H and O–H groups in total. The second-order valence-corrected chi connectivity index (χ2v) is 7.88. The first-order valence-corrected chi connectivity index (χ1v) is 8.47. The van der Waals surface area contributed by atoms with Crippen LogP contribution in [0.25, 0.3) is 0 Å². The third-order valence-electron chi connectivity index (χ3n) is 6.09. The predicted molar refractivity (Wildman–Crippen MR) is 83.8 cm³/mol. The van der Waals surface area contributed by atoms with Gasteiger partial charge in [0.2, 0.25) is 0 Å². The second-order valence-electron chi connectivity index (χ2n) is 7.88. The van der Waals surface area contributed by atoms with Gasteiger partial charge in [0.25, 0.3) is 5.91 Å². The summed E-state index contributed by atoms with van der Waals surface area (Å²) in [5.74, 6) is 1.99. The van der Waals surface area contributed by atoms with E-state index in [1.54, 1.807) is 6.92 Å². The number of nitrogens with zero attached hydrogens (tertiary/aromatic N) is 1. The molecule has 0 spiro atoms. The molecule has 1 heterocycles. The number of ether oxygens (including phenoxy) is 1. The van der Waals surface area contributed by atoms with Gasteiger partial charge in [-0.3, -0.25) is 9.78 Å². The SMILES string of the molecule is Cc1cnc(=O)[nH]c1OC(C(N)=O)C12CC3CC(CC(C3)C1)C2. The van der Waals surface area contributed by atoms with Crippen LogP contribution >= 0.6 is 0 Å². The minimum absolute atomic E-state index is 0.160. The van der Waals surface area contributed by atoms with E-state index < -0.39 is 17.7 Å². The normalized spacial score (nSPS) is 36.0. The maximum Gasteiger partial charge on any atom is 0.347 e. The lowest BCUT2D eigenvalue weighted by atomic mass is 9.48. The lowest BCUT2D eigenvalue weighted by Crippen LogP contribution is -2.57. The highest BCUT2D eigenvalue weighted by atomic mass is 16.5. The molecule has 4 aliphatic rings. The van der Waals surface area contributed by atoms with Crippen LogP contribution in [0.15, 0.2) is 11.0 Å². The zero-order valence-electron chi connectivity index (χ0n) is 13.4. The van der Waals surface area contributed by atoms with Crippen LogP contribution in [0.3, 0.4) is 0 Å². The quantitative estimate of drug-likeness (QED) is 0.879. The molecule has 4 fully saturated rings. The van der Waals surface area contributed by atoms with Crippen LogP contribution in [-0.4, -0.2) is 22.0 Å². The Labute approximate surface area is 134 Å². The van der Waals surface area contributed by atoms with Gasteiger partial charge in [-0.15, -0.1) is 0 Å². The van der Waals surface area contributed by atoms with Crippen molar-refractivity contribution in [3.63, 3.8) is 0 Å². The number of hydrogen-bond acceptors (Lipinski definition) is 4. The number of H-pyrrole nitrogens is 1. The molecule has 4 saturated carbocycles. The lowest BCUT2D eigenvalue weighted by molar-refractivity contribution is -0.148. The third-order valence-corrected chi connectivity index (χ3v) is 6.09. The fourth-order valence-electron chi connectivity index (χ4n) is 5.67. The molecule has 0 aromatic carbocycles. The van der Waals surface area contributed by atoms with Crippen molar-refractivity contribution < 1.29 is 9.53 Å². The Bertz CT molecular complexity index is 661. The molecule has 4 aliphatic carbocycles. The van der Waals surface area contributed by atoms with Crippen LogP contribution in [-0.2, 0) is 4.79 Å². The van der Waals surface area contributed by atoms with Crippen molar-refractivity contribution in [1.82, 2.24) is 9.97 Å². The number of rotatable bonds is 4. The van der Waals surface area contributed by atoms with E-state index >= 15 is 0 Å². The van der Waals surface area contributed by atoms with Gasteiger partial charge in [0.15, 0.2) is 12.0 Å². The summed E-state index contributed by atoms with van der Waals surface area (Å²) in [6.07, 6.45) is 7.70. The average Bonchev–Trinajstić information content (AvgIpc) is 2.46. The number of nitrogens with two attached hydrogens (primary N) is 1. The molecule has 4 bridgehead atoms. The first-order chi connectivity index (χ1) is 10.9. The molecule has 1 aromatic rings. The number of primary amides is 1. The van der Waals surface area contributed by atoms with Gasteiger partial charge in [0.1, 0.15) is 0 Å². The summed E-state index contributed by atoms with van der Waals surface area (Å²) < 4.78 is 6.00. The topological polar surface area (TPSA) is 98.1 Å². The number of aryl methyl sites for hydroxylation is 1. The molecular formula is C17H23N3O3. The average molecular weight is 317 g/mol. The molecular weight excluding hydrogens is 294 g/mol. The zero-order chi connectivity index (χ0) is 16.2. The van der Waals surface area contributed by atoms with Crippen molar-refractivity contribution in [2.24, 2.45) is 28.9 Å². The van der Waals surface area contributed by atoms with Crippen molar-refractivity contribution in [3.8, 4) is 5.88 Å². The number of aromatic amines is 1. The van der Waals surface area contributed by atoms with Gasteiger partial charge >= 0.3 is 5.69 Å². The van der Waals surface area contributed by atoms with Crippen LogP contribution in [0.2, 0.25) is 0 Å². The van der Waals surface area contributed by atoms with E-state index in [9.17, 15) is 9.59 Å². The van der Waals surface area contributed by atoms with Gasteiger partial charge in [-0.05, 0) is 63.2 Å². The summed E-state index contributed by atoms with van der Waals surface area (Å²) in [5.41, 5.74) is 5.80. The highest BCUT2D eigenvalue weighted by Gasteiger charge is 2.56. The Kier molecular flexibility index (Phi) is 3.25. The third kappa shape index (κ3) is 2.44. The molecule has 0 saturated heterocycles. The summed E-state index contributed by atoms with van der Waals surface area (Å²) in [6.45, 7) is 1.80. The summed E-state index contributed by atoms with van der Waals surface area (Å²) >= 11 is 0. The van der Waals surface area contributed by atoms with Gasteiger partial charge in [-0.1, -0.05) is 0 Å². The number of carbonyl (C=O) groups excluding carboxylic acids is 1. The Hall–Kier alpha value is -1.85. The number of hydrogen-bond donors (Lipinski definition) is 2. The molecule has 0 aliphatic heterocycles. The molecule has 5 rings (SSSR count). The minimum Gasteiger partial charge on any atom is -0.465 e. The van der Waals surface area contributed by atoms with Gasteiger partial charge < -0.3 is 10.5 Å². The van der Waals surface area contributed by atoms with Crippen molar-refractivity contribution in [1.29, 1.82) is 0 Å². The molecule has 124 valence electrons. The van der Waals surface area contributed by atoms with Crippen LogP contribution in [0.5, 0.6) is 5.88 Å². The Balaban J connectivity index is 1.67. The maximum atomic E-state index is 12.2. The zero-order valence-corrected chi connectivity index (χ0v) is 13.4. The fraction of sp³-hybridized carbons (Fsp3) is 0.706. The lowest BCUT2D eigenvalue weighted by Gasteiger charge is -2.58. The molecule has 6 nitrogen and oxygen atoms in total. The van der Waals surface area contributed by atoms with Crippen LogP contribution < -0.4 is 16.2 Å². The Morgan fingerprint density at radius 2 is 1.87 bits per heavy atom. The molecule has 23 heavy (non-hydrogen) atoms. The summed E-state index contributed by atoms with van der Waals surface area (Å²) in [7, 11) is 0. The van der Waals surface area contributed by atoms with E-state index in [0.29, 0.717) is 29.2 Å². The van der Waals surface area contributed by atoms with Gasteiger partial charge in [-0.25, -0.2) is 9.78 Å². The van der Waals surface area contributed by atoms with Crippen molar-refractivity contribution in [2.75, 3.05) is 0 Å². The van der Waals surface area contributed by atoms with E-state index in [1.807, 2.05) is 0 Å². The van der Waals surface area contributed by atoms with Crippen LogP contribution in [0.4, 0.5) is 0 Å². The summed E-state index contributed by atoms with van der Waals surface area (Å²) in [4.78, 5) is 30.0. The molecule has 1 aromatic heterocycles. The number of aromatic nitrogens is 2. The van der Waals surface area contributed by atoms with E-state index in [0.717, 1.165) is 19.3 Å². The van der Waals surface area contributed by atoms with Crippen LogP contribution in [0.1, 0.15) is 44.1 Å². The van der Waals surface area contributed by atoms with Gasteiger partial charge in [-0.2, -0.15) is 0 Å². The monoisotopic (exact) mass is 317 g/mol. The first-order valence-electron chi connectivity index (χ1n) is 8.47. The molecule has 1 unspecified atom stereocenters. The molecule has 1 atom stereocenters. The minimum atomic E-state index is -0.673. The molecule has 6 heteroatoms. The van der Waals surface area contributed by atoms with E-state index in [-0.39, 0.29) is 5.41 Å². The summed E-state index contributed by atoms with van der Waals surface area (Å²) in [5, 5.41) is 0. The molecule has 0 radical (unpaired) electrons. The maximum absolute atomic E-state index is 12.2. The van der Waals surface area contributed by atoms with E-state index in [2.05, 4.69) is 9.97 Å². The largest absolute Gasteiger partial charge is 0.465 e. The predicted octanol–water partition coefficient (Wildman–Crippen LogP) is 1.53. The first kappa shape index (κ1) is 14.7. The second kappa shape index (κ2) is 5.08. The molecule has 1 amide bonds. The van der Waals surface area contributed by atoms with Gasteiger partial charge in [0.05, 0.1) is 0 Å². The summed E-state index contributed by atoms with van der Waals surface area (Å²) in [6, 6.07) is 0. The smallest absolute Gasteiger partial charge is 0.347 e. The number of nitrogens with one attached hydrogen (secondary N) is 1. The van der Waals surface area contributed by atoms with Crippen molar-refractivity contribution >= 4 is 5.91 Å². The van der Waals surface area contributed by atoms with Crippen molar-refractivity contribution in [2.45, 2.75) is 51.6 Å².